The molecule has 24 nitrogen and oxygen atoms in total. The van der Waals surface area contributed by atoms with E-state index in [4.69, 9.17) is 60.0 Å². The number of carbonyl (C=O) groups is 4. The summed E-state index contributed by atoms with van der Waals surface area (Å²) >= 11 is 29.2. The van der Waals surface area contributed by atoms with Crippen LogP contribution in [0.5, 0.6) is 0 Å². The molecule has 4 aromatic heterocycles. The SMILES string of the molecule is C.C.C=CC(N)=O.C=CC(N)=S.C=Cc1nc(C)c(C(=O)OCC)s1.C=Cc1nc(C)c(CO)s1.CCOC(=O)C(Cl)C(C)=O.Cc1nc(C(N)CN=C(N)N)sc1CO.Cc1nc(C2CN2N=S)sc1CO.N=C(N)N.S=PP=S=S=S=S.[Al].[H-].[Li+]. The van der Waals surface area contributed by atoms with Crippen LogP contribution in [-0.4, -0.2) is 130 Å². The number of ketones is 1. The molecule has 40 heteroatoms. The van der Waals surface area contributed by atoms with Crippen molar-refractivity contribution in [1.29, 1.82) is 5.41 Å². The van der Waals surface area contributed by atoms with Crippen LogP contribution in [0.3, 0.4) is 0 Å². The van der Waals surface area contributed by atoms with Crippen LogP contribution >= 0.6 is 83.3 Å². The largest absolute Gasteiger partial charge is 1.00 e. The number of aliphatic hydroxyl groups excluding tert-OH is 3. The minimum absolute atomic E-state index is 0. The molecular formula is C46H77AlClLiN15O9P2S11. The van der Waals surface area contributed by atoms with Crippen LogP contribution in [-0.2, 0) is 106 Å². The van der Waals surface area contributed by atoms with Gasteiger partial charge in [-0.15, -0.1) is 61.4 Å². The predicted octanol–water partition coefficient (Wildman–Crippen LogP) is 3.44. The van der Waals surface area contributed by atoms with E-state index in [-0.39, 0.29) is 115 Å². The molecule has 1 aliphatic heterocycles. The van der Waals surface area contributed by atoms with Crippen molar-refractivity contribution in [2.24, 2.45) is 49.6 Å². The fourth-order valence-electron chi connectivity index (χ4n) is 4.20. The van der Waals surface area contributed by atoms with Crippen LogP contribution in [0.2, 0.25) is 0 Å². The Labute approximate surface area is 582 Å². The van der Waals surface area contributed by atoms with Gasteiger partial charge in [0, 0.05) is 31.5 Å². The first-order valence-corrected chi connectivity index (χ1v) is 35.5. The molecular weight excluding hydrogens is 1390 g/mol. The number of halogens is 1. The first-order valence-electron chi connectivity index (χ1n) is 22.5. The van der Waals surface area contributed by atoms with Gasteiger partial charge in [0.1, 0.15) is 30.9 Å². The van der Waals surface area contributed by atoms with E-state index in [0.29, 0.717) is 28.7 Å². The van der Waals surface area contributed by atoms with Crippen molar-refractivity contribution in [1.82, 2.24) is 24.9 Å². The molecule has 0 aromatic carbocycles. The van der Waals surface area contributed by atoms with Crippen molar-refractivity contribution in [3.8, 4) is 0 Å². The Kier molecular flexibility index (Phi) is 69.8. The number of guanidine groups is 2. The van der Waals surface area contributed by atoms with Gasteiger partial charge in [-0.1, -0.05) is 53.4 Å². The summed E-state index contributed by atoms with van der Waals surface area (Å²) in [5.74, 6) is -2.16. The van der Waals surface area contributed by atoms with Gasteiger partial charge >= 0.3 is 30.8 Å². The number of esters is 2. The number of nitrogens with two attached hydrogens (primary N) is 7. The maximum absolute atomic E-state index is 11.3. The fourth-order valence-corrected chi connectivity index (χ4v) is 17.6. The molecule has 5 rings (SSSR count). The Morgan fingerprint density at radius 1 is 0.849 bits per heavy atom. The average molecular weight is 1470 g/mol. The number of carbonyl (C=O) groups excluding carboxylic acids is 4. The summed E-state index contributed by atoms with van der Waals surface area (Å²) in [5.41, 5.74) is 37.9. The molecule has 1 fully saturated rings. The number of aliphatic imine (C=N–C) groups is 1. The quantitative estimate of drug-likeness (QED) is 0.00649. The topological polar surface area (TPSA) is 433 Å². The molecule has 0 aliphatic carbocycles. The van der Waals surface area contributed by atoms with E-state index in [2.05, 4.69) is 125 Å². The first kappa shape index (κ1) is 99.0. The summed E-state index contributed by atoms with van der Waals surface area (Å²) in [7, 11) is 6.83. The number of nitrogens with one attached hydrogen (secondary N) is 1. The molecule has 0 saturated carbocycles. The van der Waals surface area contributed by atoms with Gasteiger partial charge in [0.2, 0.25) is 5.91 Å². The third kappa shape index (κ3) is 49.6. The maximum atomic E-state index is 11.3. The standard InChI is InChI=1S/C9H11NO2S.C8H15N5OS.C7H9N3OS2.C7H9NOS.C6H9ClO3.C3H5NO.C3H5NS.CH5N3.2CH4.Al.Li.P2S5.H/c1-4-7-10-6(3)8(13-7)9(11)12-5-2;1-4-6(3-14)15-7(13-4)5(9)2-12-8(10)11;1-4-6(3-11)13-7(8-4)5-2-10(5)9-12;1-3-7-8-5(2)6(4-9)10-7;1-3-10-6(9)5(7)4(2)8;2*1-2-3(4)5;2-1(3)4;;;;;3-1-2-5-7-6-4;/h4H,1,5H2,2-3H3;5,14H,2-3,9H2,1H3,(H4,10,11,12);5,11H,2-3H2,1H3;3,9H,1,4H2,2H3;5H,3H2,1-2H3;2*2H,1H2,(H2,4,5);(H5,2,3,4);2*1H4;;;;/q;;;;;;;;;;;+1;;-1. The molecule has 86 heavy (non-hydrogen) atoms. The van der Waals surface area contributed by atoms with Gasteiger partial charge in [0.25, 0.3) is 0 Å². The second-order valence-electron chi connectivity index (χ2n) is 14.1. The Morgan fingerprint density at radius 3 is 1.62 bits per heavy atom. The third-order valence-corrected chi connectivity index (χ3v) is 23.6. The molecule has 3 atom stereocenters. The maximum Gasteiger partial charge on any atom is 1.00 e. The molecule has 18 N–H and O–H groups in total. The number of aryl methyl sites for hydroxylation is 4. The van der Waals surface area contributed by atoms with Crippen LogP contribution in [0, 0.1) is 33.1 Å². The Bertz CT molecular complexity index is 2890. The van der Waals surface area contributed by atoms with Gasteiger partial charge in [-0.25, -0.2) is 29.5 Å². The normalized spacial score (nSPS) is 11.0. The van der Waals surface area contributed by atoms with Crippen molar-refractivity contribution in [2.45, 2.75) is 101 Å². The van der Waals surface area contributed by atoms with Crippen LogP contribution in [0.1, 0.15) is 116 Å². The number of Topliss-reactive ketones (excluding diaryl/α,β-unsaturated/α-hetero) is 1. The number of aliphatic hydroxyl groups is 3. The number of ether oxygens (including phenoxy) is 2. The van der Waals surface area contributed by atoms with Crippen molar-refractivity contribution in [2.75, 3.05) is 26.3 Å². The van der Waals surface area contributed by atoms with Gasteiger partial charge in [-0.2, -0.15) is 0 Å². The molecule has 477 valence electrons. The Balaban J connectivity index is -0.000000115. The monoisotopic (exact) mass is 1470 g/mol. The summed E-state index contributed by atoms with van der Waals surface area (Å²) in [6, 6.07) is -0.0578. The number of amides is 1. The minimum Gasteiger partial charge on any atom is -1.00 e. The molecule has 0 spiro atoms. The average Bonchev–Trinajstić information content (AvgIpc) is 3.69. The fraction of sp³-hybridized carbons (Fsp3) is 0.413. The number of primary amides is 1. The summed E-state index contributed by atoms with van der Waals surface area (Å²) in [4.78, 5) is 66.1. The molecule has 0 bridgehead atoms. The molecule has 5 heterocycles. The zero-order chi connectivity index (χ0) is 64.1. The number of thiocarbonyl (C=S) groups is 1. The van der Waals surface area contributed by atoms with Gasteiger partial charge < -0.3 is 66.4 Å². The van der Waals surface area contributed by atoms with Gasteiger partial charge in [-0.3, -0.25) is 25.0 Å². The molecule has 1 aliphatic rings. The summed E-state index contributed by atoms with van der Waals surface area (Å²) in [6.07, 6.45) is 5.80. The number of hydrogen-bond acceptors (Lipinski definition) is 25. The summed E-state index contributed by atoms with van der Waals surface area (Å²) in [5, 5.41) is 36.8. The van der Waals surface area contributed by atoms with Crippen LogP contribution in [0.25, 0.3) is 12.2 Å². The van der Waals surface area contributed by atoms with E-state index in [9.17, 15) is 19.2 Å². The zero-order valence-corrected chi connectivity index (χ0v) is 59.8. The summed E-state index contributed by atoms with van der Waals surface area (Å²) < 4.78 is 13.0. The first-order chi connectivity index (χ1) is 38.5. The van der Waals surface area contributed by atoms with Crippen molar-refractivity contribution in [3.05, 3.63) is 101 Å². The molecule has 4 aromatic rings. The Morgan fingerprint density at radius 2 is 1.29 bits per heavy atom. The number of alkyl halides is 1. The van der Waals surface area contributed by atoms with Gasteiger partial charge in [0.05, 0.1) is 107 Å². The molecule has 1 amide bonds. The van der Waals surface area contributed by atoms with E-state index in [1.807, 2.05) is 20.8 Å². The van der Waals surface area contributed by atoms with Gasteiger partial charge in [-0.05, 0) is 123 Å². The smallest absolute Gasteiger partial charge is 1.00 e. The van der Waals surface area contributed by atoms with Crippen molar-refractivity contribution >= 4 is 216 Å². The predicted molar refractivity (Wildman–Crippen MR) is 379 cm³/mol. The number of hydrogen-bond donors (Lipinski definition) is 11. The van der Waals surface area contributed by atoms with E-state index in [0.717, 1.165) is 71.4 Å². The van der Waals surface area contributed by atoms with Crippen molar-refractivity contribution < 1.29 is 64.3 Å². The van der Waals surface area contributed by atoms with E-state index < -0.39 is 17.3 Å². The van der Waals surface area contributed by atoms with E-state index >= 15 is 0 Å². The van der Waals surface area contributed by atoms with Crippen LogP contribution < -0.4 is 59.0 Å². The van der Waals surface area contributed by atoms with E-state index in [1.165, 1.54) is 62.9 Å². The second kappa shape index (κ2) is 60.7. The molecule has 3 radical (unpaired) electrons. The Hall–Kier alpha value is -3.23. The van der Waals surface area contributed by atoms with Gasteiger partial charge in [0.15, 0.2) is 23.1 Å². The molecule has 3 unspecified atom stereocenters. The minimum atomic E-state index is -1.14. The van der Waals surface area contributed by atoms with Crippen LogP contribution in [0.4, 0.5) is 0 Å². The second-order valence-corrected chi connectivity index (χ2v) is 29.3. The zero-order valence-electron chi connectivity index (χ0n) is 48.1. The van der Waals surface area contributed by atoms with E-state index in [1.54, 1.807) is 67.6 Å². The third-order valence-electron chi connectivity index (χ3n) is 7.92. The summed E-state index contributed by atoms with van der Waals surface area (Å²) in [6.45, 7) is 27.6. The number of rotatable bonds is 18. The van der Waals surface area contributed by atoms with Crippen LogP contribution in [0.15, 0.2) is 47.9 Å². The molecule has 1 saturated heterocycles. The number of nitrogens with zero attached hydrogens (tertiary/aromatic N) is 7. The number of aromatic nitrogens is 4. The van der Waals surface area contributed by atoms with Crippen molar-refractivity contribution in [3.63, 3.8) is 0 Å². The number of thiazole rings is 4.